The van der Waals surface area contributed by atoms with Crippen LogP contribution >= 0.6 is 11.6 Å². The Balaban J connectivity index is 2.25. The van der Waals surface area contributed by atoms with Crippen LogP contribution in [0.2, 0.25) is 5.02 Å². The van der Waals surface area contributed by atoms with Crippen LogP contribution in [0.15, 0.2) is 52.7 Å². The van der Waals surface area contributed by atoms with Gasteiger partial charge in [0, 0.05) is 10.6 Å². The molecule has 0 unspecified atom stereocenters. The van der Waals surface area contributed by atoms with E-state index in [1.807, 2.05) is 12.1 Å². The van der Waals surface area contributed by atoms with E-state index in [0.717, 1.165) is 5.56 Å². The number of esters is 1. The van der Waals surface area contributed by atoms with E-state index in [1.165, 1.54) is 13.3 Å². The molecule has 0 fully saturated rings. The lowest BCUT2D eigenvalue weighted by atomic mass is 10.1. The summed E-state index contributed by atoms with van der Waals surface area (Å²) in [5.41, 5.74) is 12.3. The van der Waals surface area contributed by atoms with Crippen molar-refractivity contribution in [1.29, 1.82) is 0 Å². The molecule has 0 radical (unpaired) electrons. The highest BCUT2D eigenvalue weighted by Crippen LogP contribution is 2.21. The molecule has 25 heavy (non-hydrogen) atoms. The summed E-state index contributed by atoms with van der Waals surface area (Å²) in [6.45, 7) is 0.317. The van der Waals surface area contributed by atoms with Gasteiger partial charge in [-0.3, -0.25) is 0 Å². The second kappa shape index (κ2) is 8.70. The molecule has 4 N–H and O–H groups in total. The SMILES string of the molecule is COC(=O)c1ccc(OCc2ccc(Cl)cc2)c(/C=N/N=C(N)N)c1. The molecule has 0 saturated carbocycles. The van der Waals surface area contributed by atoms with Gasteiger partial charge in [0.15, 0.2) is 0 Å². The molecule has 0 aromatic heterocycles. The predicted octanol–water partition coefficient (Wildman–Crippen LogP) is 2.31. The number of halogens is 1. The molecule has 0 bridgehead atoms. The normalized spacial score (nSPS) is 10.5. The van der Waals surface area contributed by atoms with Gasteiger partial charge in [-0.05, 0) is 35.9 Å². The van der Waals surface area contributed by atoms with E-state index in [0.29, 0.717) is 28.5 Å². The van der Waals surface area contributed by atoms with Crippen LogP contribution in [0.4, 0.5) is 0 Å². The van der Waals surface area contributed by atoms with Gasteiger partial charge in [0.05, 0.1) is 18.9 Å². The van der Waals surface area contributed by atoms with Crippen LogP contribution < -0.4 is 16.2 Å². The van der Waals surface area contributed by atoms with Crippen molar-refractivity contribution in [3.05, 3.63) is 64.2 Å². The molecule has 8 heteroatoms. The Morgan fingerprint density at radius 1 is 1.20 bits per heavy atom. The summed E-state index contributed by atoms with van der Waals surface area (Å²) >= 11 is 5.86. The summed E-state index contributed by atoms with van der Waals surface area (Å²) in [7, 11) is 1.31. The van der Waals surface area contributed by atoms with E-state index < -0.39 is 5.97 Å². The third-order valence-corrected chi connectivity index (χ3v) is 3.36. The van der Waals surface area contributed by atoms with Crippen molar-refractivity contribution in [1.82, 2.24) is 0 Å². The molecule has 0 aliphatic heterocycles. The van der Waals surface area contributed by atoms with Crippen LogP contribution in [0.25, 0.3) is 0 Å². The monoisotopic (exact) mass is 360 g/mol. The van der Waals surface area contributed by atoms with Crippen molar-refractivity contribution >= 4 is 29.7 Å². The van der Waals surface area contributed by atoms with Crippen molar-refractivity contribution in [2.75, 3.05) is 7.11 Å². The Bertz CT molecular complexity index is 800. The van der Waals surface area contributed by atoms with E-state index in [2.05, 4.69) is 10.2 Å². The third kappa shape index (κ3) is 5.50. The summed E-state index contributed by atoms with van der Waals surface area (Å²) in [5, 5.41) is 7.95. The summed E-state index contributed by atoms with van der Waals surface area (Å²) < 4.78 is 10.5. The zero-order valence-corrected chi connectivity index (χ0v) is 14.2. The quantitative estimate of drug-likeness (QED) is 0.355. The van der Waals surface area contributed by atoms with Crippen LogP contribution in [-0.4, -0.2) is 25.3 Å². The number of carbonyl (C=O) groups is 1. The Kier molecular flexibility index (Phi) is 6.36. The maximum atomic E-state index is 11.7. The number of guanidine groups is 1. The zero-order valence-electron chi connectivity index (χ0n) is 13.5. The molecule has 2 aromatic rings. The first-order valence-corrected chi connectivity index (χ1v) is 7.59. The lowest BCUT2D eigenvalue weighted by Gasteiger charge is -2.10. The van der Waals surface area contributed by atoms with E-state index in [-0.39, 0.29) is 5.96 Å². The number of methoxy groups -OCH3 is 1. The Morgan fingerprint density at radius 2 is 1.92 bits per heavy atom. The van der Waals surface area contributed by atoms with Gasteiger partial charge in [0.1, 0.15) is 12.4 Å². The van der Waals surface area contributed by atoms with Gasteiger partial charge in [-0.25, -0.2) is 4.79 Å². The maximum Gasteiger partial charge on any atom is 0.337 e. The number of nitrogens with two attached hydrogens (primary N) is 2. The third-order valence-electron chi connectivity index (χ3n) is 3.11. The standard InChI is InChI=1S/C17H17ClN4O3/c1-24-16(23)12-4-7-15(13(8-12)9-21-22-17(19)20)25-10-11-2-5-14(18)6-3-11/h2-9H,10H2,1H3,(H4,19,20,22)/b21-9+. The highest BCUT2D eigenvalue weighted by Gasteiger charge is 2.10. The van der Waals surface area contributed by atoms with Crippen molar-refractivity contribution < 1.29 is 14.3 Å². The fourth-order valence-electron chi connectivity index (χ4n) is 1.93. The number of carbonyl (C=O) groups excluding carboxylic acids is 1. The molecule has 0 saturated heterocycles. The summed E-state index contributed by atoms with van der Waals surface area (Å²) in [4.78, 5) is 11.7. The van der Waals surface area contributed by atoms with E-state index in [9.17, 15) is 4.79 Å². The second-order valence-corrected chi connectivity index (χ2v) is 5.37. The average Bonchev–Trinajstić information content (AvgIpc) is 2.61. The molecule has 0 amide bonds. The second-order valence-electron chi connectivity index (χ2n) is 4.93. The predicted molar refractivity (Wildman–Crippen MR) is 97.0 cm³/mol. The largest absolute Gasteiger partial charge is 0.488 e. The Morgan fingerprint density at radius 3 is 2.56 bits per heavy atom. The fraction of sp³-hybridized carbons (Fsp3) is 0.118. The van der Waals surface area contributed by atoms with Crippen LogP contribution in [0.3, 0.4) is 0 Å². The molecule has 0 aliphatic carbocycles. The van der Waals surface area contributed by atoms with Crippen LogP contribution in [0, 0.1) is 0 Å². The lowest BCUT2D eigenvalue weighted by molar-refractivity contribution is 0.0600. The highest BCUT2D eigenvalue weighted by molar-refractivity contribution is 6.30. The van der Waals surface area contributed by atoms with E-state index in [1.54, 1.807) is 30.3 Å². The number of nitrogens with zero attached hydrogens (tertiary/aromatic N) is 2. The topological polar surface area (TPSA) is 112 Å². The number of rotatable bonds is 6. The smallest absolute Gasteiger partial charge is 0.337 e. The lowest BCUT2D eigenvalue weighted by Crippen LogP contribution is -2.21. The molecule has 2 rings (SSSR count). The number of hydrogen-bond donors (Lipinski definition) is 2. The molecule has 2 aromatic carbocycles. The number of ether oxygens (including phenoxy) is 2. The van der Waals surface area contributed by atoms with Crippen molar-refractivity contribution in [3.63, 3.8) is 0 Å². The van der Waals surface area contributed by atoms with Crippen molar-refractivity contribution in [3.8, 4) is 5.75 Å². The van der Waals surface area contributed by atoms with Gasteiger partial charge < -0.3 is 20.9 Å². The van der Waals surface area contributed by atoms with Crippen LogP contribution in [0.1, 0.15) is 21.5 Å². The minimum Gasteiger partial charge on any atom is -0.488 e. The van der Waals surface area contributed by atoms with Gasteiger partial charge in [0.25, 0.3) is 0 Å². The molecule has 0 spiro atoms. The van der Waals surface area contributed by atoms with Crippen LogP contribution in [-0.2, 0) is 11.3 Å². The molecular weight excluding hydrogens is 344 g/mol. The molecule has 7 nitrogen and oxygen atoms in total. The number of benzene rings is 2. The van der Waals surface area contributed by atoms with E-state index >= 15 is 0 Å². The van der Waals surface area contributed by atoms with E-state index in [4.69, 9.17) is 32.5 Å². The Labute approximate surface area is 149 Å². The Hall–Kier alpha value is -3.06. The molecule has 0 heterocycles. The van der Waals surface area contributed by atoms with Gasteiger partial charge >= 0.3 is 5.97 Å². The highest BCUT2D eigenvalue weighted by atomic mass is 35.5. The van der Waals surface area contributed by atoms with Gasteiger partial charge in [-0.2, -0.15) is 5.10 Å². The first-order valence-electron chi connectivity index (χ1n) is 7.21. The fourth-order valence-corrected chi connectivity index (χ4v) is 2.05. The molecule has 0 aliphatic rings. The summed E-state index contributed by atoms with van der Waals surface area (Å²) in [5.74, 6) is -0.137. The van der Waals surface area contributed by atoms with Crippen LogP contribution in [0.5, 0.6) is 5.75 Å². The average molecular weight is 361 g/mol. The minimum absolute atomic E-state index is 0.177. The van der Waals surface area contributed by atoms with Crippen molar-refractivity contribution in [2.45, 2.75) is 6.61 Å². The molecular formula is C17H17ClN4O3. The molecule has 130 valence electrons. The first kappa shape index (κ1) is 18.3. The first-order chi connectivity index (χ1) is 12.0. The maximum absolute atomic E-state index is 11.7. The van der Waals surface area contributed by atoms with Gasteiger partial charge in [-0.1, -0.05) is 23.7 Å². The summed E-state index contributed by atoms with van der Waals surface area (Å²) in [6, 6.07) is 12.1. The minimum atomic E-state index is -0.472. The zero-order chi connectivity index (χ0) is 18.2. The molecule has 0 atom stereocenters. The number of hydrogen-bond acceptors (Lipinski definition) is 5. The van der Waals surface area contributed by atoms with Gasteiger partial charge in [0.2, 0.25) is 5.96 Å². The van der Waals surface area contributed by atoms with Gasteiger partial charge in [-0.15, -0.1) is 5.10 Å². The summed E-state index contributed by atoms with van der Waals surface area (Å²) in [6.07, 6.45) is 1.39. The van der Waals surface area contributed by atoms with Crippen molar-refractivity contribution in [2.24, 2.45) is 21.7 Å².